The Morgan fingerprint density at radius 3 is 2.88 bits per heavy atom. The topological polar surface area (TPSA) is 41.1 Å². The molecule has 1 saturated heterocycles. The van der Waals surface area contributed by atoms with Gasteiger partial charge in [0.1, 0.15) is 5.82 Å². The van der Waals surface area contributed by atoms with Gasteiger partial charge in [0.25, 0.3) is 0 Å². The normalized spacial score (nSPS) is 18.6. The van der Waals surface area contributed by atoms with E-state index in [0.29, 0.717) is 11.3 Å². The summed E-state index contributed by atoms with van der Waals surface area (Å²) in [6, 6.07) is 4.48. The Labute approximate surface area is 106 Å². The standard InChI is InChI=1S/C12H15FN2O.ClH/c1-8-7-9(4-5-10(8)13)15-12(16)11-3-2-6-14-11;/h4-5,7,11,14H,2-3,6H2,1H3,(H,15,16);1H/t11-;/m0./s1. The summed E-state index contributed by atoms with van der Waals surface area (Å²) in [5.41, 5.74) is 1.19. The monoisotopic (exact) mass is 258 g/mol. The molecular formula is C12H16ClFN2O. The van der Waals surface area contributed by atoms with E-state index >= 15 is 0 Å². The van der Waals surface area contributed by atoms with Crippen LogP contribution in [0.2, 0.25) is 0 Å². The molecule has 1 aromatic carbocycles. The van der Waals surface area contributed by atoms with Crippen LogP contribution in [-0.2, 0) is 4.79 Å². The van der Waals surface area contributed by atoms with E-state index in [1.54, 1.807) is 19.1 Å². The maximum Gasteiger partial charge on any atom is 0.241 e. The van der Waals surface area contributed by atoms with Gasteiger partial charge in [0.05, 0.1) is 6.04 Å². The molecule has 0 unspecified atom stereocenters. The summed E-state index contributed by atoms with van der Waals surface area (Å²) >= 11 is 0. The molecule has 0 radical (unpaired) electrons. The Bertz CT molecular complexity index is 405. The fourth-order valence-corrected chi connectivity index (χ4v) is 1.86. The minimum atomic E-state index is -0.253. The number of nitrogens with one attached hydrogen (secondary N) is 2. The van der Waals surface area contributed by atoms with Gasteiger partial charge in [0, 0.05) is 5.69 Å². The molecule has 0 aromatic heterocycles. The fraction of sp³-hybridized carbons (Fsp3) is 0.417. The van der Waals surface area contributed by atoms with Crippen molar-refractivity contribution >= 4 is 24.0 Å². The van der Waals surface area contributed by atoms with Gasteiger partial charge in [-0.25, -0.2) is 4.39 Å². The summed E-state index contributed by atoms with van der Waals surface area (Å²) in [6.45, 7) is 2.57. The Kier molecular flexibility index (Phi) is 4.90. The second-order valence-corrected chi connectivity index (χ2v) is 4.10. The summed E-state index contributed by atoms with van der Waals surface area (Å²) in [4.78, 5) is 11.7. The zero-order valence-electron chi connectivity index (χ0n) is 9.63. The highest BCUT2D eigenvalue weighted by molar-refractivity contribution is 5.95. The molecule has 0 bridgehead atoms. The molecule has 5 heteroatoms. The maximum absolute atomic E-state index is 13.0. The lowest BCUT2D eigenvalue weighted by atomic mass is 10.2. The van der Waals surface area contributed by atoms with Crippen LogP contribution >= 0.6 is 12.4 Å². The molecule has 1 aliphatic rings. The fourth-order valence-electron chi connectivity index (χ4n) is 1.86. The first-order chi connectivity index (χ1) is 7.66. The molecule has 1 aliphatic heterocycles. The summed E-state index contributed by atoms with van der Waals surface area (Å²) in [5, 5.41) is 5.90. The zero-order valence-corrected chi connectivity index (χ0v) is 10.4. The first-order valence-corrected chi connectivity index (χ1v) is 5.47. The van der Waals surface area contributed by atoms with Crippen LogP contribution < -0.4 is 10.6 Å². The van der Waals surface area contributed by atoms with Crippen LogP contribution in [-0.4, -0.2) is 18.5 Å². The van der Waals surface area contributed by atoms with E-state index in [4.69, 9.17) is 0 Å². The molecule has 0 spiro atoms. The smallest absolute Gasteiger partial charge is 0.241 e. The Morgan fingerprint density at radius 2 is 2.29 bits per heavy atom. The number of hydrogen-bond donors (Lipinski definition) is 2. The van der Waals surface area contributed by atoms with Gasteiger partial charge in [-0.15, -0.1) is 12.4 Å². The van der Waals surface area contributed by atoms with Crippen molar-refractivity contribution in [3.05, 3.63) is 29.6 Å². The molecular weight excluding hydrogens is 243 g/mol. The lowest BCUT2D eigenvalue weighted by Crippen LogP contribution is -2.35. The van der Waals surface area contributed by atoms with Crippen molar-refractivity contribution in [1.29, 1.82) is 0 Å². The minimum absolute atomic E-state index is 0. The maximum atomic E-state index is 13.0. The van der Waals surface area contributed by atoms with E-state index in [9.17, 15) is 9.18 Å². The van der Waals surface area contributed by atoms with E-state index < -0.39 is 0 Å². The van der Waals surface area contributed by atoms with Crippen LogP contribution in [0.3, 0.4) is 0 Å². The van der Waals surface area contributed by atoms with E-state index in [-0.39, 0.29) is 30.2 Å². The van der Waals surface area contributed by atoms with Crippen molar-refractivity contribution in [2.75, 3.05) is 11.9 Å². The molecule has 1 aromatic rings. The molecule has 1 amide bonds. The number of carbonyl (C=O) groups excluding carboxylic acids is 1. The van der Waals surface area contributed by atoms with Crippen LogP contribution in [0, 0.1) is 12.7 Å². The van der Waals surface area contributed by atoms with Crippen molar-refractivity contribution in [2.45, 2.75) is 25.8 Å². The third-order valence-corrected chi connectivity index (χ3v) is 2.80. The lowest BCUT2D eigenvalue weighted by molar-refractivity contribution is -0.117. The third-order valence-electron chi connectivity index (χ3n) is 2.80. The first kappa shape index (κ1) is 13.9. The highest BCUT2D eigenvalue weighted by Gasteiger charge is 2.21. The quantitative estimate of drug-likeness (QED) is 0.854. The molecule has 1 atom stereocenters. The second-order valence-electron chi connectivity index (χ2n) is 4.10. The van der Waals surface area contributed by atoms with E-state index in [1.165, 1.54) is 6.07 Å². The Balaban J connectivity index is 0.00000144. The predicted molar refractivity (Wildman–Crippen MR) is 68.0 cm³/mol. The van der Waals surface area contributed by atoms with Crippen molar-refractivity contribution in [3.8, 4) is 0 Å². The third kappa shape index (κ3) is 3.41. The van der Waals surface area contributed by atoms with Gasteiger partial charge in [-0.1, -0.05) is 0 Å². The van der Waals surface area contributed by atoms with Gasteiger partial charge in [-0.3, -0.25) is 4.79 Å². The number of halogens is 2. The van der Waals surface area contributed by atoms with Crippen molar-refractivity contribution in [3.63, 3.8) is 0 Å². The second kappa shape index (κ2) is 5.98. The molecule has 3 nitrogen and oxygen atoms in total. The van der Waals surface area contributed by atoms with Crippen LogP contribution in [0.4, 0.5) is 10.1 Å². The zero-order chi connectivity index (χ0) is 11.5. The number of rotatable bonds is 2. The molecule has 2 rings (SSSR count). The molecule has 2 N–H and O–H groups in total. The molecule has 1 heterocycles. The van der Waals surface area contributed by atoms with Crippen LogP contribution in [0.1, 0.15) is 18.4 Å². The SMILES string of the molecule is Cc1cc(NC(=O)[C@@H]2CCCN2)ccc1F.Cl. The van der Waals surface area contributed by atoms with E-state index in [1.807, 2.05) is 0 Å². The molecule has 17 heavy (non-hydrogen) atoms. The van der Waals surface area contributed by atoms with E-state index in [2.05, 4.69) is 10.6 Å². The summed E-state index contributed by atoms with van der Waals surface area (Å²) < 4.78 is 13.0. The highest BCUT2D eigenvalue weighted by atomic mass is 35.5. The number of anilines is 1. The van der Waals surface area contributed by atoms with Crippen LogP contribution in [0.5, 0.6) is 0 Å². The van der Waals surface area contributed by atoms with Gasteiger partial charge in [-0.05, 0) is 50.1 Å². The number of carbonyl (C=O) groups is 1. The molecule has 0 saturated carbocycles. The largest absolute Gasteiger partial charge is 0.325 e. The minimum Gasteiger partial charge on any atom is -0.325 e. The van der Waals surface area contributed by atoms with Gasteiger partial charge in [-0.2, -0.15) is 0 Å². The Morgan fingerprint density at radius 1 is 1.53 bits per heavy atom. The summed E-state index contributed by atoms with van der Waals surface area (Å²) in [7, 11) is 0. The predicted octanol–water partition coefficient (Wildman–Crippen LogP) is 2.25. The van der Waals surface area contributed by atoms with Crippen LogP contribution in [0.25, 0.3) is 0 Å². The average Bonchev–Trinajstić information content (AvgIpc) is 2.77. The van der Waals surface area contributed by atoms with E-state index in [0.717, 1.165) is 19.4 Å². The van der Waals surface area contributed by atoms with Crippen molar-refractivity contribution in [1.82, 2.24) is 5.32 Å². The average molecular weight is 259 g/mol. The number of amides is 1. The first-order valence-electron chi connectivity index (χ1n) is 5.47. The number of hydrogen-bond acceptors (Lipinski definition) is 2. The number of benzene rings is 1. The summed E-state index contributed by atoms with van der Waals surface area (Å²) in [5.74, 6) is -0.291. The van der Waals surface area contributed by atoms with Crippen molar-refractivity contribution in [2.24, 2.45) is 0 Å². The highest BCUT2D eigenvalue weighted by Crippen LogP contribution is 2.15. The van der Waals surface area contributed by atoms with Crippen molar-refractivity contribution < 1.29 is 9.18 Å². The Hall–Kier alpha value is -1.13. The molecule has 0 aliphatic carbocycles. The number of aryl methyl sites for hydroxylation is 1. The molecule has 1 fully saturated rings. The summed E-state index contributed by atoms with van der Waals surface area (Å²) in [6.07, 6.45) is 1.90. The van der Waals surface area contributed by atoms with Crippen LogP contribution in [0.15, 0.2) is 18.2 Å². The van der Waals surface area contributed by atoms with Gasteiger partial charge >= 0.3 is 0 Å². The van der Waals surface area contributed by atoms with Gasteiger partial charge < -0.3 is 10.6 Å². The molecule has 94 valence electrons. The van der Waals surface area contributed by atoms with Gasteiger partial charge in [0.2, 0.25) is 5.91 Å². The van der Waals surface area contributed by atoms with Gasteiger partial charge in [0.15, 0.2) is 0 Å². The lowest BCUT2D eigenvalue weighted by Gasteiger charge is -2.11.